The van der Waals surface area contributed by atoms with Gasteiger partial charge in [-0.1, -0.05) is 24.3 Å². The van der Waals surface area contributed by atoms with Crippen molar-refractivity contribution >= 4 is 28.8 Å². The van der Waals surface area contributed by atoms with Crippen LogP contribution in [0.5, 0.6) is 0 Å². The van der Waals surface area contributed by atoms with Crippen LogP contribution in [-0.4, -0.2) is 23.8 Å². The summed E-state index contributed by atoms with van der Waals surface area (Å²) in [6, 6.07) is 15.3. The highest BCUT2D eigenvalue weighted by atomic mass is 16.2. The van der Waals surface area contributed by atoms with Gasteiger partial charge in [-0.15, -0.1) is 0 Å². The first-order valence-corrected chi connectivity index (χ1v) is 11.5. The third-order valence-corrected chi connectivity index (χ3v) is 7.36. The predicted octanol–water partition coefficient (Wildman–Crippen LogP) is 5.32. The van der Waals surface area contributed by atoms with E-state index < -0.39 is 0 Å². The minimum atomic E-state index is -0.134. The van der Waals surface area contributed by atoms with Crippen molar-refractivity contribution < 1.29 is 9.59 Å². The van der Waals surface area contributed by atoms with E-state index in [0.717, 1.165) is 29.1 Å². The molecule has 4 aliphatic rings. The lowest BCUT2D eigenvalue weighted by Gasteiger charge is -2.57. The van der Waals surface area contributed by atoms with Gasteiger partial charge in [0.25, 0.3) is 0 Å². The molecule has 4 bridgehead atoms. The van der Waals surface area contributed by atoms with Gasteiger partial charge in [0.1, 0.15) is 0 Å². The van der Waals surface area contributed by atoms with Crippen LogP contribution in [0.2, 0.25) is 0 Å². The zero-order valence-corrected chi connectivity index (χ0v) is 18.1. The molecule has 6 rings (SSSR count). The number of para-hydroxylation sites is 2. The summed E-state index contributed by atoms with van der Waals surface area (Å²) in [5, 5.41) is 10.1. The van der Waals surface area contributed by atoms with Crippen LogP contribution in [0.3, 0.4) is 0 Å². The molecular formula is C26H31N3O2. The van der Waals surface area contributed by atoms with E-state index in [1.165, 1.54) is 45.4 Å². The molecule has 2 aromatic rings. The fourth-order valence-electron chi connectivity index (χ4n) is 6.49. The van der Waals surface area contributed by atoms with Crippen molar-refractivity contribution in [3.8, 4) is 0 Å². The summed E-state index contributed by atoms with van der Waals surface area (Å²) in [6.45, 7) is 1.69. The SMILES string of the molecule is CC(=O)c1cccc(NC(=O)CNc2ccccc2NC23CC4CC(CC(C4)C2)C3)c1. The third-order valence-electron chi connectivity index (χ3n) is 7.36. The predicted molar refractivity (Wildman–Crippen MR) is 125 cm³/mol. The summed E-state index contributed by atoms with van der Waals surface area (Å²) in [7, 11) is 0. The lowest BCUT2D eigenvalue weighted by Crippen LogP contribution is -2.54. The minimum Gasteiger partial charge on any atom is -0.378 e. The van der Waals surface area contributed by atoms with Crippen LogP contribution >= 0.6 is 0 Å². The molecule has 0 heterocycles. The number of benzene rings is 2. The molecule has 0 spiro atoms. The second-order valence-electron chi connectivity index (χ2n) is 9.91. The van der Waals surface area contributed by atoms with Crippen molar-refractivity contribution in [2.24, 2.45) is 17.8 Å². The van der Waals surface area contributed by atoms with Gasteiger partial charge in [0.15, 0.2) is 5.78 Å². The number of carbonyl (C=O) groups excluding carboxylic acids is 2. The normalized spacial score (nSPS) is 28.2. The number of carbonyl (C=O) groups is 2. The molecule has 162 valence electrons. The Morgan fingerprint density at radius 2 is 1.55 bits per heavy atom. The molecule has 5 nitrogen and oxygen atoms in total. The largest absolute Gasteiger partial charge is 0.378 e. The molecule has 0 aliphatic heterocycles. The number of nitrogens with one attached hydrogen (secondary N) is 3. The average Bonchev–Trinajstić information content (AvgIpc) is 2.72. The van der Waals surface area contributed by atoms with Crippen LogP contribution in [0.25, 0.3) is 0 Å². The van der Waals surface area contributed by atoms with Gasteiger partial charge in [-0.2, -0.15) is 0 Å². The maximum absolute atomic E-state index is 12.5. The van der Waals surface area contributed by atoms with Crippen LogP contribution in [0.15, 0.2) is 48.5 Å². The van der Waals surface area contributed by atoms with Crippen LogP contribution in [-0.2, 0) is 4.79 Å². The highest BCUT2D eigenvalue weighted by Crippen LogP contribution is 2.56. The van der Waals surface area contributed by atoms with Gasteiger partial charge in [-0.25, -0.2) is 0 Å². The van der Waals surface area contributed by atoms with E-state index in [9.17, 15) is 9.59 Å². The first kappa shape index (κ1) is 20.1. The van der Waals surface area contributed by atoms with E-state index in [0.29, 0.717) is 11.3 Å². The van der Waals surface area contributed by atoms with Gasteiger partial charge in [0.2, 0.25) is 5.91 Å². The summed E-state index contributed by atoms with van der Waals surface area (Å²) < 4.78 is 0. The van der Waals surface area contributed by atoms with E-state index >= 15 is 0 Å². The molecule has 0 atom stereocenters. The van der Waals surface area contributed by atoms with E-state index in [1.54, 1.807) is 24.3 Å². The molecule has 1 amide bonds. The summed E-state index contributed by atoms with van der Waals surface area (Å²) in [4.78, 5) is 24.1. The Labute approximate surface area is 184 Å². The van der Waals surface area contributed by atoms with Crippen molar-refractivity contribution in [1.29, 1.82) is 0 Å². The number of rotatable bonds is 7. The number of hydrogen-bond acceptors (Lipinski definition) is 4. The lowest BCUT2D eigenvalue weighted by atomic mass is 9.53. The quantitative estimate of drug-likeness (QED) is 0.533. The molecule has 4 aliphatic carbocycles. The smallest absolute Gasteiger partial charge is 0.243 e. The molecule has 4 fully saturated rings. The molecule has 2 aromatic carbocycles. The Morgan fingerprint density at radius 1 is 0.903 bits per heavy atom. The van der Waals surface area contributed by atoms with Crippen molar-refractivity contribution in [1.82, 2.24) is 0 Å². The van der Waals surface area contributed by atoms with E-state index in [-0.39, 0.29) is 23.8 Å². The molecule has 3 N–H and O–H groups in total. The Morgan fingerprint density at radius 3 is 2.19 bits per heavy atom. The second kappa shape index (κ2) is 8.03. The molecule has 0 unspecified atom stereocenters. The minimum absolute atomic E-state index is 0.0149. The number of Topliss-reactive ketones (excluding diaryl/α,β-unsaturated/α-hetero) is 1. The van der Waals surface area contributed by atoms with Gasteiger partial charge >= 0.3 is 0 Å². The number of amides is 1. The van der Waals surface area contributed by atoms with Crippen LogP contribution < -0.4 is 16.0 Å². The third kappa shape index (κ3) is 4.32. The molecule has 0 saturated heterocycles. The number of anilines is 3. The van der Waals surface area contributed by atoms with Gasteiger partial charge < -0.3 is 16.0 Å². The molecule has 31 heavy (non-hydrogen) atoms. The summed E-state index contributed by atoms with van der Waals surface area (Å²) in [6.07, 6.45) is 8.10. The number of hydrogen-bond donors (Lipinski definition) is 3. The highest BCUT2D eigenvalue weighted by molar-refractivity contribution is 5.98. The Hall–Kier alpha value is -2.82. The first-order chi connectivity index (χ1) is 15.0. The zero-order valence-electron chi connectivity index (χ0n) is 18.1. The van der Waals surface area contributed by atoms with Gasteiger partial charge in [0, 0.05) is 16.8 Å². The van der Waals surface area contributed by atoms with E-state index in [1.807, 2.05) is 12.1 Å². The van der Waals surface area contributed by atoms with Crippen LogP contribution in [0.4, 0.5) is 17.1 Å². The van der Waals surface area contributed by atoms with Crippen molar-refractivity contribution in [2.45, 2.75) is 51.0 Å². The lowest BCUT2D eigenvalue weighted by molar-refractivity contribution is -0.114. The Kier molecular flexibility index (Phi) is 5.20. The summed E-state index contributed by atoms with van der Waals surface area (Å²) >= 11 is 0. The average molecular weight is 418 g/mol. The maximum atomic E-state index is 12.5. The zero-order chi connectivity index (χ0) is 21.4. The van der Waals surface area contributed by atoms with Crippen molar-refractivity contribution in [3.63, 3.8) is 0 Å². The fourth-order valence-corrected chi connectivity index (χ4v) is 6.49. The Balaban J connectivity index is 1.23. The molecule has 0 aromatic heterocycles. The molecule has 4 saturated carbocycles. The summed E-state index contributed by atoms with van der Waals surface area (Å²) in [5.74, 6) is 2.51. The second-order valence-corrected chi connectivity index (χ2v) is 9.91. The highest BCUT2D eigenvalue weighted by Gasteiger charge is 2.51. The number of ketones is 1. The van der Waals surface area contributed by atoms with Gasteiger partial charge in [-0.3, -0.25) is 9.59 Å². The topological polar surface area (TPSA) is 70.2 Å². The van der Waals surface area contributed by atoms with Gasteiger partial charge in [0.05, 0.1) is 17.9 Å². The molecular weight excluding hydrogens is 386 g/mol. The maximum Gasteiger partial charge on any atom is 0.243 e. The van der Waals surface area contributed by atoms with E-state index in [2.05, 4.69) is 28.1 Å². The molecule has 5 heteroatoms. The van der Waals surface area contributed by atoms with Crippen LogP contribution in [0.1, 0.15) is 55.8 Å². The Bertz CT molecular complexity index is 964. The van der Waals surface area contributed by atoms with Gasteiger partial charge in [-0.05, 0) is 87.5 Å². The monoisotopic (exact) mass is 417 g/mol. The van der Waals surface area contributed by atoms with Crippen molar-refractivity contribution in [3.05, 3.63) is 54.1 Å². The fraction of sp³-hybridized carbons (Fsp3) is 0.462. The molecule has 0 radical (unpaired) electrons. The van der Waals surface area contributed by atoms with Crippen LogP contribution in [0, 0.1) is 17.8 Å². The first-order valence-electron chi connectivity index (χ1n) is 11.5. The van der Waals surface area contributed by atoms with Crippen molar-refractivity contribution in [2.75, 3.05) is 22.5 Å². The summed E-state index contributed by atoms with van der Waals surface area (Å²) in [5.41, 5.74) is 3.51. The standard InChI is InChI=1S/C26H31N3O2/c1-17(30)21-5-4-6-22(12-21)28-25(31)16-27-23-7-2-3-8-24(23)29-26-13-18-9-19(14-26)11-20(10-18)15-26/h2-8,12,18-20,27,29H,9-11,13-16H2,1H3,(H,28,31). The van der Waals surface area contributed by atoms with E-state index in [4.69, 9.17) is 0 Å².